The summed E-state index contributed by atoms with van der Waals surface area (Å²) in [6, 6.07) is 9.83. The van der Waals surface area contributed by atoms with Gasteiger partial charge in [-0.3, -0.25) is 9.59 Å². The minimum Gasteiger partial charge on any atom is -0.391 e. The van der Waals surface area contributed by atoms with E-state index in [2.05, 4.69) is 0 Å². The van der Waals surface area contributed by atoms with Crippen molar-refractivity contribution in [1.29, 1.82) is 0 Å². The van der Waals surface area contributed by atoms with Crippen molar-refractivity contribution in [1.82, 2.24) is 9.80 Å². The molecule has 2 aliphatic rings. The van der Waals surface area contributed by atoms with Gasteiger partial charge in [0.2, 0.25) is 11.8 Å². The van der Waals surface area contributed by atoms with Crippen LogP contribution in [-0.2, 0) is 16.1 Å². The van der Waals surface area contributed by atoms with E-state index in [4.69, 9.17) is 0 Å². The molecule has 0 spiro atoms. The third kappa shape index (κ3) is 2.98. The molecule has 2 unspecified atom stereocenters. The highest BCUT2D eigenvalue weighted by molar-refractivity contribution is 5.89. The molecule has 3 rings (SSSR count). The highest BCUT2D eigenvalue weighted by Gasteiger charge is 2.46. The summed E-state index contributed by atoms with van der Waals surface area (Å²) in [5, 5.41) is 10.0. The summed E-state index contributed by atoms with van der Waals surface area (Å²) in [6.45, 7) is 5.36. The SMILES string of the molecule is CC1(C)C(O)CCN1C(=O)C1CC(=O)N(Cc2ccccc2)C1. The maximum atomic E-state index is 12.8. The molecule has 5 heteroatoms. The van der Waals surface area contributed by atoms with Crippen molar-refractivity contribution in [3.05, 3.63) is 35.9 Å². The number of likely N-dealkylation sites (tertiary alicyclic amines) is 2. The molecule has 0 bridgehead atoms. The quantitative estimate of drug-likeness (QED) is 0.917. The van der Waals surface area contributed by atoms with Gasteiger partial charge in [-0.15, -0.1) is 0 Å². The molecule has 124 valence electrons. The van der Waals surface area contributed by atoms with Crippen molar-refractivity contribution in [2.45, 2.75) is 44.9 Å². The first kappa shape index (κ1) is 16.0. The lowest BCUT2D eigenvalue weighted by Crippen LogP contribution is -2.50. The van der Waals surface area contributed by atoms with E-state index in [1.165, 1.54) is 0 Å². The van der Waals surface area contributed by atoms with Crippen LogP contribution in [0.25, 0.3) is 0 Å². The first-order valence-corrected chi connectivity index (χ1v) is 8.21. The Balaban J connectivity index is 1.67. The van der Waals surface area contributed by atoms with E-state index >= 15 is 0 Å². The average molecular weight is 316 g/mol. The van der Waals surface area contributed by atoms with E-state index in [-0.39, 0.29) is 24.2 Å². The summed E-state index contributed by atoms with van der Waals surface area (Å²) in [7, 11) is 0. The van der Waals surface area contributed by atoms with E-state index < -0.39 is 11.6 Å². The molecule has 2 saturated heterocycles. The van der Waals surface area contributed by atoms with Gasteiger partial charge < -0.3 is 14.9 Å². The number of amides is 2. The predicted octanol–water partition coefficient (Wildman–Crippen LogP) is 1.41. The molecular formula is C18H24N2O3. The lowest BCUT2D eigenvalue weighted by molar-refractivity contribution is -0.140. The molecule has 1 aromatic rings. The second kappa shape index (κ2) is 5.96. The van der Waals surface area contributed by atoms with Crippen LogP contribution in [0.5, 0.6) is 0 Å². The van der Waals surface area contributed by atoms with Gasteiger partial charge in [0.15, 0.2) is 0 Å². The van der Waals surface area contributed by atoms with E-state index in [1.54, 1.807) is 9.80 Å². The molecular weight excluding hydrogens is 292 g/mol. The number of aliphatic hydroxyl groups excluding tert-OH is 1. The summed E-state index contributed by atoms with van der Waals surface area (Å²) in [6.07, 6.45) is 0.380. The number of hydrogen-bond acceptors (Lipinski definition) is 3. The maximum Gasteiger partial charge on any atom is 0.228 e. The zero-order valence-electron chi connectivity index (χ0n) is 13.7. The average Bonchev–Trinajstić information content (AvgIpc) is 3.01. The van der Waals surface area contributed by atoms with Gasteiger partial charge in [0, 0.05) is 26.1 Å². The van der Waals surface area contributed by atoms with Gasteiger partial charge >= 0.3 is 0 Å². The molecule has 2 heterocycles. The summed E-state index contributed by atoms with van der Waals surface area (Å²) in [5.74, 6) is -0.268. The minimum absolute atomic E-state index is 0.00420. The van der Waals surface area contributed by atoms with Crippen molar-refractivity contribution < 1.29 is 14.7 Å². The second-order valence-corrected chi connectivity index (χ2v) is 7.11. The largest absolute Gasteiger partial charge is 0.391 e. The third-order valence-corrected chi connectivity index (χ3v) is 5.18. The predicted molar refractivity (Wildman–Crippen MR) is 86.4 cm³/mol. The molecule has 2 fully saturated rings. The zero-order chi connectivity index (χ0) is 16.6. The van der Waals surface area contributed by atoms with Gasteiger partial charge in [-0.1, -0.05) is 30.3 Å². The number of hydrogen-bond donors (Lipinski definition) is 1. The van der Waals surface area contributed by atoms with E-state index in [0.717, 1.165) is 5.56 Å². The summed E-state index contributed by atoms with van der Waals surface area (Å²) >= 11 is 0. The molecule has 2 atom stereocenters. The van der Waals surface area contributed by atoms with Crippen LogP contribution in [0.4, 0.5) is 0 Å². The van der Waals surface area contributed by atoms with Crippen LogP contribution >= 0.6 is 0 Å². The van der Waals surface area contributed by atoms with Crippen molar-refractivity contribution in [2.24, 2.45) is 5.92 Å². The second-order valence-electron chi connectivity index (χ2n) is 7.11. The van der Waals surface area contributed by atoms with Crippen molar-refractivity contribution in [2.75, 3.05) is 13.1 Å². The Bertz CT molecular complexity index is 600. The molecule has 5 nitrogen and oxygen atoms in total. The Hall–Kier alpha value is -1.88. The Morgan fingerprint density at radius 3 is 2.61 bits per heavy atom. The number of carbonyl (C=O) groups excluding carboxylic acids is 2. The topological polar surface area (TPSA) is 60.9 Å². The Morgan fingerprint density at radius 2 is 2.00 bits per heavy atom. The van der Waals surface area contributed by atoms with Gasteiger partial charge in [0.1, 0.15) is 0 Å². The van der Waals surface area contributed by atoms with Crippen LogP contribution < -0.4 is 0 Å². The molecule has 0 saturated carbocycles. The number of aliphatic hydroxyl groups is 1. The standard InChI is InChI=1S/C18H24N2O3/c1-18(2)15(21)8-9-20(18)17(23)14-10-16(22)19(12-14)11-13-6-4-3-5-7-13/h3-7,14-15,21H,8-12H2,1-2H3. The van der Waals surface area contributed by atoms with Gasteiger partial charge in [-0.2, -0.15) is 0 Å². The third-order valence-electron chi connectivity index (χ3n) is 5.18. The Morgan fingerprint density at radius 1 is 1.30 bits per heavy atom. The molecule has 1 N–H and O–H groups in total. The summed E-state index contributed by atoms with van der Waals surface area (Å²) in [4.78, 5) is 28.5. The van der Waals surface area contributed by atoms with Gasteiger partial charge in [-0.05, 0) is 25.8 Å². The highest BCUT2D eigenvalue weighted by Crippen LogP contribution is 2.32. The van der Waals surface area contributed by atoms with Crippen LogP contribution in [0.3, 0.4) is 0 Å². The lowest BCUT2D eigenvalue weighted by Gasteiger charge is -2.35. The summed E-state index contributed by atoms with van der Waals surface area (Å²) in [5.41, 5.74) is 0.526. The minimum atomic E-state index is -0.549. The molecule has 1 aromatic carbocycles. The zero-order valence-corrected chi connectivity index (χ0v) is 13.7. The van der Waals surface area contributed by atoms with Crippen LogP contribution in [0.15, 0.2) is 30.3 Å². The molecule has 0 radical (unpaired) electrons. The first-order chi connectivity index (χ1) is 10.9. The normalized spacial score (nSPS) is 26.8. The van der Waals surface area contributed by atoms with Crippen LogP contribution in [0, 0.1) is 5.92 Å². The van der Waals surface area contributed by atoms with Crippen LogP contribution in [0.1, 0.15) is 32.3 Å². The maximum absolute atomic E-state index is 12.8. The van der Waals surface area contributed by atoms with Crippen LogP contribution in [0.2, 0.25) is 0 Å². The Labute approximate surface area is 136 Å². The van der Waals surface area contributed by atoms with E-state index in [9.17, 15) is 14.7 Å². The van der Waals surface area contributed by atoms with E-state index in [1.807, 2.05) is 44.2 Å². The number of rotatable bonds is 3. The lowest BCUT2D eigenvalue weighted by atomic mass is 9.97. The van der Waals surface area contributed by atoms with Crippen molar-refractivity contribution in [3.63, 3.8) is 0 Å². The smallest absolute Gasteiger partial charge is 0.228 e. The van der Waals surface area contributed by atoms with Crippen molar-refractivity contribution in [3.8, 4) is 0 Å². The van der Waals surface area contributed by atoms with Crippen molar-refractivity contribution >= 4 is 11.8 Å². The summed E-state index contributed by atoms with van der Waals surface area (Å²) < 4.78 is 0. The van der Waals surface area contributed by atoms with E-state index in [0.29, 0.717) is 26.1 Å². The highest BCUT2D eigenvalue weighted by atomic mass is 16.3. The van der Waals surface area contributed by atoms with Gasteiger partial charge in [-0.25, -0.2) is 0 Å². The molecule has 2 amide bonds. The fourth-order valence-electron chi connectivity index (χ4n) is 3.58. The number of nitrogens with zero attached hydrogens (tertiary/aromatic N) is 2. The Kier molecular flexibility index (Phi) is 4.15. The molecule has 0 aromatic heterocycles. The van der Waals surface area contributed by atoms with Gasteiger partial charge in [0.25, 0.3) is 0 Å². The first-order valence-electron chi connectivity index (χ1n) is 8.21. The molecule has 23 heavy (non-hydrogen) atoms. The molecule has 2 aliphatic heterocycles. The molecule has 0 aliphatic carbocycles. The monoisotopic (exact) mass is 316 g/mol. The fourth-order valence-corrected chi connectivity index (χ4v) is 3.58. The van der Waals surface area contributed by atoms with Gasteiger partial charge in [0.05, 0.1) is 17.6 Å². The number of benzene rings is 1. The van der Waals surface area contributed by atoms with Crippen LogP contribution in [-0.4, -0.2) is 51.5 Å². The number of carbonyl (C=O) groups is 2. The fraction of sp³-hybridized carbons (Fsp3) is 0.556.